The minimum absolute atomic E-state index is 0.0666. The molecule has 0 unspecified atom stereocenters. The Morgan fingerprint density at radius 2 is 1.72 bits per heavy atom. The van der Waals surface area contributed by atoms with Crippen molar-refractivity contribution in [1.82, 2.24) is 20.3 Å². The summed E-state index contributed by atoms with van der Waals surface area (Å²) < 4.78 is 4.93. The fraction of sp³-hybridized carbons (Fsp3) is 0.435. The summed E-state index contributed by atoms with van der Waals surface area (Å²) >= 11 is 0. The summed E-state index contributed by atoms with van der Waals surface area (Å²) in [5.74, 6) is -0.640. The lowest BCUT2D eigenvalue weighted by atomic mass is 10.0. The molecule has 4 rings (SSSR count). The summed E-state index contributed by atoms with van der Waals surface area (Å²) in [7, 11) is 0. The fourth-order valence-corrected chi connectivity index (χ4v) is 4.13. The number of nitrogens with zero attached hydrogens (tertiary/aromatic N) is 3. The molecule has 2 aliphatic heterocycles. The quantitative estimate of drug-likeness (QED) is 0.737. The number of fused-ring (bicyclic) bond motifs is 1. The third-order valence-corrected chi connectivity index (χ3v) is 5.78. The second-order valence-electron chi connectivity index (χ2n) is 9.24. The molecule has 0 bridgehead atoms. The highest BCUT2D eigenvalue weighted by molar-refractivity contribution is 6.22. The van der Waals surface area contributed by atoms with Gasteiger partial charge in [0.2, 0.25) is 0 Å². The second kappa shape index (κ2) is 7.89. The molecule has 1 aromatic carbocycles. The average molecular weight is 438 g/mol. The number of amides is 4. The van der Waals surface area contributed by atoms with Crippen LogP contribution >= 0.6 is 0 Å². The maximum atomic E-state index is 13.0. The highest BCUT2D eigenvalue weighted by atomic mass is 16.5. The number of aromatic nitrogens is 1. The highest BCUT2D eigenvalue weighted by Gasteiger charge is 2.42. The third kappa shape index (κ3) is 3.90. The van der Waals surface area contributed by atoms with Crippen LogP contribution in [0.4, 0.5) is 0 Å². The molecule has 1 aromatic heterocycles. The number of aryl methyl sites for hydroxylation is 1. The number of hydrogen-bond acceptors (Lipinski definition) is 6. The van der Waals surface area contributed by atoms with Crippen molar-refractivity contribution in [2.24, 2.45) is 0 Å². The van der Waals surface area contributed by atoms with Crippen LogP contribution in [0.25, 0.3) is 0 Å². The molecule has 3 heterocycles. The van der Waals surface area contributed by atoms with E-state index >= 15 is 0 Å². The van der Waals surface area contributed by atoms with E-state index in [-0.39, 0.29) is 40.9 Å². The molecule has 0 spiro atoms. The zero-order valence-electron chi connectivity index (χ0n) is 18.6. The van der Waals surface area contributed by atoms with Crippen molar-refractivity contribution in [1.29, 1.82) is 0 Å². The molecule has 1 N–H and O–H groups in total. The summed E-state index contributed by atoms with van der Waals surface area (Å²) in [5.41, 5.74) is 0.560. The summed E-state index contributed by atoms with van der Waals surface area (Å²) in [6.45, 7) is 8.06. The van der Waals surface area contributed by atoms with E-state index in [9.17, 15) is 19.2 Å². The number of carbonyl (C=O) groups is 4. The van der Waals surface area contributed by atoms with Gasteiger partial charge < -0.3 is 14.7 Å². The first-order valence-electron chi connectivity index (χ1n) is 10.6. The molecule has 1 saturated heterocycles. The van der Waals surface area contributed by atoms with Crippen molar-refractivity contribution in [2.75, 3.05) is 13.1 Å². The van der Waals surface area contributed by atoms with Gasteiger partial charge in [0.15, 0.2) is 5.69 Å². The summed E-state index contributed by atoms with van der Waals surface area (Å²) in [4.78, 5) is 53.6. The number of nitrogens with one attached hydrogen (secondary N) is 1. The maximum Gasteiger partial charge on any atom is 0.273 e. The first-order valence-corrected chi connectivity index (χ1v) is 10.6. The van der Waals surface area contributed by atoms with Gasteiger partial charge in [-0.25, -0.2) is 0 Å². The van der Waals surface area contributed by atoms with E-state index in [0.29, 0.717) is 42.8 Å². The molecule has 1 fully saturated rings. The molecule has 4 amide bonds. The van der Waals surface area contributed by atoms with Crippen LogP contribution in [0.3, 0.4) is 0 Å². The lowest BCUT2D eigenvalue weighted by Gasteiger charge is -2.32. The van der Waals surface area contributed by atoms with Crippen molar-refractivity contribution in [2.45, 2.75) is 52.1 Å². The van der Waals surface area contributed by atoms with E-state index in [2.05, 4.69) is 10.5 Å². The topological polar surface area (TPSA) is 113 Å². The van der Waals surface area contributed by atoms with Gasteiger partial charge in [-0.15, -0.1) is 0 Å². The van der Waals surface area contributed by atoms with Gasteiger partial charge in [-0.1, -0.05) is 5.16 Å². The highest BCUT2D eigenvalue weighted by Crippen LogP contribution is 2.30. The number of hydrogen-bond donors (Lipinski definition) is 1. The van der Waals surface area contributed by atoms with E-state index in [0.717, 1.165) is 0 Å². The number of piperidine rings is 1. The molecule has 9 nitrogen and oxygen atoms in total. The summed E-state index contributed by atoms with van der Waals surface area (Å²) in [6.07, 6.45) is 1.21. The van der Waals surface area contributed by atoms with E-state index < -0.39 is 5.54 Å². The molecule has 0 saturated carbocycles. The number of benzene rings is 1. The predicted octanol–water partition coefficient (Wildman–Crippen LogP) is 2.41. The molecule has 2 aromatic rings. The number of rotatable bonds is 3. The minimum atomic E-state index is -0.644. The molecular weight excluding hydrogens is 412 g/mol. The lowest BCUT2D eigenvalue weighted by Crippen LogP contribution is -2.46. The monoisotopic (exact) mass is 438 g/mol. The third-order valence-electron chi connectivity index (χ3n) is 5.78. The maximum absolute atomic E-state index is 13.0. The smallest absolute Gasteiger partial charge is 0.273 e. The molecule has 0 atom stereocenters. The molecule has 2 aliphatic rings. The van der Waals surface area contributed by atoms with Gasteiger partial charge in [-0.2, -0.15) is 0 Å². The fourth-order valence-electron chi connectivity index (χ4n) is 4.13. The van der Waals surface area contributed by atoms with Crippen molar-refractivity contribution in [3.8, 4) is 0 Å². The van der Waals surface area contributed by atoms with Crippen molar-refractivity contribution in [3.05, 3.63) is 52.4 Å². The number of likely N-dealkylation sites (tertiary alicyclic amines) is 1. The molecule has 0 radical (unpaired) electrons. The van der Waals surface area contributed by atoms with Gasteiger partial charge in [-0.05, 0) is 58.7 Å². The Kier molecular flexibility index (Phi) is 5.36. The zero-order valence-corrected chi connectivity index (χ0v) is 18.6. The Labute approximate surface area is 185 Å². The predicted molar refractivity (Wildman–Crippen MR) is 114 cm³/mol. The summed E-state index contributed by atoms with van der Waals surface area (Å²) in [6, 6.07) is 6.18. The SMILES string of the molecule is Cc1cc(C(=O)NC2CCN(C(=O)c3ccc4c(c3)C(=O)N(C(C)(C)C)C4=O)CC2)no1. The van der Waals surface area contributed by atoms with Crippen molar-refractivity contribution < 1.29 is 23.7 Å². The van der Waals surface area contributed by atoms with Crippen LogP contribution in [0, 0.1) is 6.92 Å². The molecule has 9 heteroatoms. The van der Waals surface area contributed by atoms with E-state index in [1.807, 2.05) is 0 Å². The van der Waals surface area contributed by atoms with Gasteiger partial charge in [0, 0.05) is 36.3 Å². The van der Waals surface area contributed by atoms with Crippen LogP contribution in [0.1, 0.15) is 80.9 Å². The van der Waals surface area contributed by atoms with E-state index in [1.54, 1.807) is 50.8 Å². The Hall–Kier alpha value is -3.49. The molecule has 32 heavy (non-hydrogen) atoms. The first-order chi connectivity index (χ1) is 15.1. The Bertz CT molecular complexity index is 1110. The van der Waals surface area contributed by atoms with Crippen molar-refractivity contribution >= 4 is 23.6 Å². The largest absolute Gasteiger partial charge is 0.361 e. The number of imide groups is 1. The lowest BCUT2D eigenvalue weighted by molar-refractivity contribution is 0.0507. The molecule has 0 aliphatic carbocycles. The van der Waals surface area contributed by atoms with Crippen LogP contribution in [0.5, 0.6) is 0 Å². The van der Waals surface area contributed by atoms with Gasteiger partial charge in [0.25, 0.3) is 23.6 Å². The van der Waals surface area contributed by atoms with Gasteiger partial charge in [0.1, 0.15) is 5.76 Å². The average Bonchev–Trinajstić information content (AvgIpc) is 3.29. The van der Waals surface area contributed by atoms with E-state index in [1.165, 1.54) is 11.0 Å². The molecule has 168 valence electrons. The molecular formula is C23H26N4O5. The first kappa shape index (κ1) is 21.7. The second-order valence-corrected chi connectivity index (χ2v) is 9.24. The number of carbonyl (C=O) groups excluding carboxylic acids is 4. The van der Waals surface area contributed by atoms with Crippen molar-refractivity contribution in [3.63, 3.8) is 0 Å². The summed E-state index contributed by atoms with van der Waals surface area (Å²) in [5, 5.41) is 6.64. The van der Waals surface area contributed by atoms with Crippen LogP contribution < -0.4 is 5.32 Å². The minimum Gasteiger partial charge on any atom is -0.361 e. The Morgan fingerprint density at radius 1 is 1.06 bits per heavy atom. The Morgan fingerprint density at radius 3 is 2.31 bits per heavy atom. The van der Waals surface area contributed by atoms with Crippen LogP contribution in [0.2, 0.25) is 0 Å². The van der Waals surface area contributed by atoms with Crippen LogP contribution in [-0.2, 0) is 0 Å². The zero-order chi connectivity index (χ0) is 23.2. The van der Waals surface area contributed by atoms with Crippen LogP contribution in [-0.4, -0.2) is 63.3 Å². The van der Waals surface area contributed by atoms with E-state index in [4.69, 9.17) is 4.52 Å². The van der Waals surface area contributed by atoms with Gasteiger partial charge >= 0.3 is 0 Å². The van der Waals surface area contributed by atoms with Gasteiger partial charge in [-0.3, -0.25) is 24.1 Å². The Balaban J connectivity index is 1.40. The van der Waals surface area contributed by atoms with Crippen LogP contribution in [0.15, 0.2) is 28.8 Å². The normalized spacial score (nSPS) is 17.0. The van der Waals surface area contributed by atoms with Gasteiger partial charge in [0.05, 0.1) is 11.1 Å². The standard InChI is InChI=1S/C23H26N4O5/c1-13-11-18(25-32-13)19(28)24-15-7-9-26(10-8-15)20(29)14-5-6-16-17(12-14)22(31)27(21(16)30)23(2,3)4/h5-6,11-12,15H,7-10H2,1-4H3,(H,24,28).